The van der Waals surface area contributed by atoms with Crippen LogP contribution in [0.15, 0.2) is 11.2 Å². The molecule has 0 radical (unpaired) electrons. The molecule has 9 heteroatoms. The topological polar surface area (TPSA) is 61.9 Å². The Bertz CT molecular complexity index is 394. The van der Waals surface area contributed by atoms with Crippen molar-refractivity contribution in [2.24, 2.45) is 0 Å². The van der Waals surface area contributed by atoms with E-state index in [9.17, 15) is 18.0 Å². The molecule has 1 aromatic heterocycles. The Morgan fingerprint density at radius 3 is 2.94 bits per heavy atom. The number of alkyl halides is 3. The summed E-state index contributed by atoms with van der Waals surface area (Å²) >= 11 is 1.13. The Morgan fingerprint density at radius 2 is 2.35 bits per heavy atom. The van der Waals surface area contributed by atoms with E-state index in [0.717, 1.165) is 16.7 Å². The van der Waals surface area contributed by atoms with Crippen molar-refractivity contribution in [1.82, 2.24) is 20.3 Å². The molecule has 0 bridgehead atoms. The number of halogens is 3. The van der Waals surface area contributed by atoms with Gasteiger partial charge in [0.1, 0.15) is 11.6 Å². The summed E-state index contributed by atoms with van der Waals surface area (Å²) in [6.07, 6.45) is -2.51. The third-order valence-corrected chi connectivity index (χ3v) is 3.43. The highest BCUT2D eigenvalue weighted by Gasteiger charge is 2.39. The van der Waals surface area contributed by atoms with Crippen LogP contribution in [0.3, 0.4) is 0 Å². The van der Waals surface area contributed by atoms with Gasteiger partial charge in [-0.1, -0.05) is 11.8 Å². The van der Waals surface area contributed by atoms with Crippen LogP contribution >= 0.6 is 11.8 Å². The van der Waals surface area contributed by atoms with E-state index in [1.54, 1.807) is 0 Å². The maximum absolute atomic E-state index is 12.2. The lowest BCUT2D eigenvalue weighted by atomic mass is 10.4. The molecular weight excluding hydrogens is 257 g/mol. The van der Waals surface area contributed by atoms with E-state index in [1.807, 2.05) is 0 Å². The van der Waals surface area contributed by atoms with Crippen LogP contribution in [0.1, 0.15) is 6.42 Å². The molecule has 1 saturated heterocycles. The molecule has 2 heterocycles. The van der Waals surface area contributed by atoms with Gasteiger partial charge < -0.3 is 4.90 Å². The number of amides is 1. The molecule has 2 rings (SSSR count). The normalized spacial score (nSPS) is 21.2. The van der Waals surface area contributed by atoms with E-state index >= 15 is 0 Å². The van der Waals surface area contributed by atoms with Gasteiger partial charge in [0.15, 0.2) is 0 Å². The van der Waals surface area contributed by atoms with Gasteiger partial charge in [0, 0.05) is 6.54 Å². The van der Waals surface area contributed by atoms with Crippen molar-refractivity contribution in [2.75, 3.05) is 13.1 Å². The number of hydrogen-bond donors (Lipinski definition) is 1. The highest BCUT2D eigenvalue weighted by molar-refractivity contribution is 8.00. The predicted molar refractivity (Wildman–Crippen MR) is 53.3 cm³/mol. The zero-order valence-electron chi connectivity index (χ0n) is 8.57. The van der Waals surface area contributed by atoms with Crippen LogP contribution < -0.4 is 0 Å². The predicted octanol–water partition coefficient (Wildman–Crippen LogP) is 1.06. The number of aromatic amines is 1. The second-order valence-corrected chi connectivity index (χ2v) is 4.80. The average Bonchev–Trinajstić information content (AvgIpc) is 2.81. The summed E-state index contributed by atoms with van der Waals surface area (Å²) in [7, 11) is 0. The number of carbonyl (C=O) groups excluding carboxylic acids is 1. The Balaban J connectivity index is 1.93. The molecule has 1 atom stereocenters. The zero-order valence-corrected chi connectivity index (χ0v) is 9.38. The first-order chi connectivity index (χ1) is 7.96. The van der Waals surface area contributed by atoms with E-state index in [2.05, 4.69) is 15.4 Å². The molecule has 0 aliphatic carbocycles. The first kappa shape index (κ1) is 12.2. The first-order valence-electron chi connectivity index (χ1n) is 4.84. The lowest BCUT2D eigenvalue weighted by Crippen LogP contribution is -2.36. The summed E-state index contributed by atoms with van der Waals surface area (Å²) in [5.74, 6) is -0.490. The van der Waals surface area contributed by atoms with Crippen LogP contribution in [0.25, 0.3) is 0 Å². The quantitative estimate of drug-likeness (QED) is 0.888. The Hall–Kier alpha value is -1.25. The number of likely N-dealkylation sites (tertiary alicyclic amines) is 1. The summed E-state index contributed by atoms with van der Waals surface area (Å²) in [5.41, 5.74) is 0. The number of carbonyl (C=O) groups is 1. The minimum Gasteiger partial charge on any atom is -0.333 e. The number of nitrogens with one attached hydrogen (secondary N) is 1. The lowest BCUT2D eigenvalue weighted by molar-refractivity contribution is -0.157. The number of aromatic nitrogens is 3. The van der Waals surface area contributed by atoms with Crippen LogP contribution in [0, 0.1) is 0 Å². The van der Waals surface area contributed by atoms with Crippen molar-refractivity contribution < 1.29 is 18.0 Å². The molecule has 1 fully saturated rings. The van der Waals surface area contributed by atoms with Gasteiger partial charge in [-0.05, 0) is 6.42 Å². The molecule has 1 aromatic rings. The van der Waals surface area contributed by atoms with Crippen LogP contribution in [0.4, 0.5) is 13.2 Å². The van der Waals surface area contributed by atoms with Gasteiger partial charge in [-0.25, -0.2) is 0 Å². The number of hydrogen-bond acceptors (Lipinski definition) is 4. The highest BCUT2D eigenvalue weighted by Crippen LogP contribution is 2.30. The molecule has 0 spiro atoms. The van der Waals surface area contributed by atoms with Crippen molar-refractivity contribution in [3.8, 4) is 0 Å². The third-order valence-electron chi connectivity index (χ3n) is 2.27. The van der Waals surface area contributed by atoms with Gasteiger partial charge in [0.05, 0.1) is 11.4 Å². The zero-order chi connectivity index (χ0) is 12.5. The first-order valence-corrected chi connectivity index (χ1v) is 5.71. The van der Waals surface area contributed by atoms with E-state index in [-0.39, 0.29) is 6.54 Å². The van der Waals surface area contributed by atoms with E-state index in [0.29, 0.717) is 11.4 Å². The molecule has 17 heavy (non-hydrogen) atoms. The smallest absolute Gasteiger partial charge is 0.333 e. The minimum atomic E-state index is -4.34. The fourth-order valence-electron chi connectivity index (χ4n) is 1.59. The fraction of sp³-hybridized carbons (Fsp3) is 0.625. The van der Waals surface area contributed by atoms with Gasteiger partial charge in [-0.2, -0.15) is 23.5 Å². The Morgan fingerprint density at radius 1 is 1.59 bits per heavy atom. The van der Waals surface area contributed by atoms with Gasteiger partial charge in [0.2, 0.25) is 5.91 Å². The number of thioether (sulfide) groups is 1. The Kier molecular flexibility index (Phi) is 3.27. The van der Waals surface area contributed by atoms with Crippen molar-refractivity contribution in [3.63, 3.8) is 0 Å². The number of rotatable bonds is 3. The molecule has 0 saturated carbocycles. The van der Waals surface area contributed by atoms with Gasteiger partial charge >= 0.3 is 6.18 Å². The molecule has 1 N–H and O–H groups in total. The SMILES string of the molecule is O=C1C(Sc2cn[nH]n2)CCN1CC(F)(F)F. The van der Waals surface area contributed by atoms with Crippen LogP contribution in [0.2, 0.25) is 0 Å². The molecule has 1 aliphatic heterocycles. The number of nitrogens with zero attached hydrogens (tertiary/aromatic N) is 3. The molecule has 94 valence electrons. The van der Waals surface area contributed by atoms with Crippen molar-refractivity contribution >= 4 is 17.7 Å². The minimum absolute atomic E-state index is 0.133. The van der Waals surface area contributed by atoms with Crippen molar-refractivity contribution in [1.29, 1.82) is 0 Å². The summed E-state index contributed by atoms with van der Waals surface area (Å²) in [6.45, 7) is -1.05. The summed E-state index contributed by atoms with van der Waals surface area (Å²) in [4.78, 5) is 12.5. The maximum Gasteiger partial charge on any atom is 0.406 e. The van der Waals surface area contributed by atoms with E-state index in [4.69, 9.17) is 0 Å². The molecule has 1 aliphatic rings. The van der Waals surface area contributed by atoms with Gasteiger partial charge in [-0.3, -0.25) is 4.79 Å². The Labute approximate surface area is 98.7 Å². The van der Waals surface area contributed by atoms with Crippen molar-refractivity contribution in [3.05, 3.63) is 6.20 Å². The molecule has 1 unspecified atom stereocenters. The molecular formula is C8H9F3N4OS. The highest BCUT2D eigenvalue weighted by atomic mass is 32.2. The monoisotopic (exact) mass is 266 g/mol. The maximum atomic E-state index is 12.2. The number of H-pyrrole nitrogens is 1. The fourth-order valence-corrected chi connectivity index (χ4v) is 2.56. The van der Waals surface area contributed by atoms with E-state index in [1.165, 1.54) is 6.20 Å². The second kappa shape index (κ2) is 4.55. The van der Waals surface area contributed by atoms with E-state index < -0.39 is 23.9 Å². The average molecular weight is 266 g/mol. The van der Waals surface area contributed by atoms with Crippen molar-refractivity contribution in [2.45, 2.75) is 22.9 Å². The van der Waals surface area contributed by atoms with Crippen LogP contribution in [-0.2, 0) is 4.79 Å². The summed E-state index contributed by atoms with van der Waals surface area (Å²) < 4.78 is 36.5. The van der Waals surface area contributed by atoms with Crippen LogP contribution in [-0.4, -0.2) is 50.7 Å². The van der Waals surface area contributed by atoms with Crippen LogP contribution in [0.5, 0.6) is 0 Å². The lowest BCUT2D eigenvalue weighted by Gasteiger charge is -2.17. The third kappa shape index (κ3) is 3.11. The molecule has 0 aromatic carbocycles. The van der Waals surface area contributed by atoms with Gasteiger partial charge in [0.25, 0.3) is 0 Å². The summed E-state index contributed by atoms with van der Waals surface area (Å²) in [5, 5.41) is 9.71. The molecule has 5 nitrogen and oxygen atoms in total. The molecule has 1 amide bonds. The largest absolute Gasteiger partial charge is 0.406 e. The summed E-state index contributed by atoms with van der Waals surface area (Å²) in [6, 6.07) is 0. The standard InChI is InChI=1S/C8H9F3N4OS/c9-8(10,11)4-15-2-1-5(7(15)16)17-6-3-12-14-13-6/h3,5H,1-2,4H2,(H,12,13,14). The van der Waals surface area contributed by atoms with Gasteiger partial charge in [-0.15, -0.1) is 5.10 Å². The second-order valence-electron chi connectivity index (χ2n) is 3.58.